The van der Waals surface area contributed by atoms with E-state index >= 15 is 0 Å². The minimum absolute atomic E-state index is 0.194. The van der Waals surface area contributed by atoms with Gasteiger partial charge < -0.3 is 24.3 Å². The highest BCUT2D eigenvalue weighted by Gasteiger charge is 2.14. The van der Waals surface area contributed by atoms with Crippen LogP contribution in [0.25, 0.3) is 6.08 Å². The Morgan fingerprint density at radius 1 is 1.03 bits per heavy atom. The molecule has 1 N–H and O–H groups in total. The first-order valence-corrected chi connectivity index (χ1v) is 8.69. The van der Waals surface area contributed by atoms with E-state index in [1.165, 1.54) is 33.5 Å². The number of ether oxygens (including phenoxy) is 4. The summed E-state index contributed by atoms with van der Waals surface area (Å²) in [6, 6.07) is 9.99. The lowest BCUT2D eigenvalue weighted by Crippen LogP contribution is -2.13. The van der Waals surface area contributed by atoms with Crippen molar-refractivity contribution in [1.82, 2.24) is 0 Å². The molecule has 0 aliphatic carbocycles. The summed E-state index contributed by atoms with van der Waals surface area (Å²) >= 11 is 0. The second kappa shape index (κ2) is 10.6. The van der Waals surface area contributed by atoms with Crippen LogP contribution in [0.15, 0.2) is 55.1 Å². The smallest absolute Gasteiger partial charge is 0.340 e. The highest BCUT2D eigenvalue weighted by Crippen LogP contribution is 2.28. The maximum absolute atomic E-state index is 12.3. The number of anilines is 1. The highest BCUT2D eigenvalue weighted by molar-refractivity contribution is 6.06. The monoisotopic (exact) mass is 397 g/mol. The zero-order valence-corrected chi connectivity index (χ0v) is 16.6. The van der Waals surface area contributed by atoms with Gasteiger partial charge >= 0.3 is 5.97 Å². The van der Waals surface area contributed by atoms with E-state index in [4.69, 9.17) is 18.9 Å². The molecule has 0 atom stereocenters. The van der Waals surface area contributed by atoms with Gasteiger partial charge in [0.2, 0.25) is 5.91 Å². The molecule has 0 saturated heterocycles. The van der Waals surface area contributed by atoms with Crippen LogP contribution in [-0.4, -0.2) is 39.8 Å². The predicted octanol–water partition coefficient (Wildman–Crippen LogP) is 3.71. The van der Waals surface area contributed by atoms with Gasteiger partial charge in [0, 0.05) is 6.08 Å². The van der Waals surface area contributed by atoms with Crippen LogP contribution >= 0.6 is 0 Å². The number of benzene rings is 2. The molecular weight excluding hydrogens is 374 g/mol. The Labute approximate surface area is 169 Å². The zero-order chi connectivity index (χ0) is 21.2. The summed E-state index contributed by atoms with van der Waals surface area (Å²) in [5, 5.41) is 2.67. The van der Waals surface area contributed by atoms with Crippen molar-refractivity contribution in [2.45, 2.75) is 0 Å². The van der Waals surface area contributed by atoms with Crippen molar-refractivity contribution in [2.24, 2.45) is 0 Å². The number of nitrogens with one attached hydrogen (secondary N) is 1. The number of hydrogen-bond donors (Lipinski definition) is 1. The van der Waals surface area contributed by atoms with Crippen LogP contribution in [0, 0.1) is 0 Å². The maximum Gasteiger partial charge on any atom is 0.340 e. The maximum atomic E-state index is 12.3. The molecule has 0 radical (unpaired) electrons. The largest absolute Gasteiger partial charge is 0.497 e. The average Bonchev–Trinajstić information content (AvgIpc) is 2.76. The molecule has 0 spiro atoms. The van der Waals surface area contributed by atoms with Gasteiger partial charge in [-0.25, -0.2) is 4.79 Å². The first-order chi connectivity index (χ1) is 14.0. The van der Waals surface area contributed by atoms with Gasteiger partial charge in [0.15, 0.2) is 11.5 Å². The minimum atomic E-state index is -0.581. The molecule has 0 unspecified atom stereocenters. The summed E-state index contributed by atoms with van der Waals surface area (Å²) in [5.74, 6) is 0.603. The molecule has 152 valence electrons. The molecule has 7 heteroatoms. The van der Waals surface area contributed by atoms with Gasteiger partial charge in [-0.1, -0.05) is 18.7 Å². The predicted molar refractivity (Wildman–Crippen MR) is 111 cm³/mol. The highest BCUT2D eigenvalue weighted by atomic mass is 16.5. The van der Waals surface area contributed by atoms with Crippen molar-refractivity contribution in [3.8, 4) is 17.2 Å². The van der Waals surface area contributed by atoms with Crippen LogP contribution in [0.4, 0.5) is 5.69 Å². The molecule has 0 heterocycles. The Morgan fingerprint density at radius 3 is 2.48 bits per heavy atom. The molecule has 29 heavy (non-hydrogen) atoms. The summed E-state index contributed by atoms with van der Waals surface area (Å²) in [6.45, 7) is 3.97. The first-order valence-electron chi connectivity index (χ1n) is 8.69. The van der Waals surface area contributed by atoms with Gasteiger partial charge in [0.05, 0.1) is 32.6 Å². The third kappa shape index (κ3) is 5.87. The number of amides is 1. The van der Waals surface area contributed by atoms with Crippen LogP contribution in [0.3, 0.4) is 0 Å². The van der Waals surface area contributed by atoms with Crippen molar-refractivity contribution in [2.75, 3.05) is 33.3 Å². The van der Waals surface area contributed by atoms with Gasteiger partial charge in [-0.2, -0.15) is 0 Å². The second-order valence-corrected chi connectivity index (χ2v) is 5.74. The average molecular weight is 397 g/mol. The molecule has 2 aromatic rings. The normalized spacial score (nSPS) is 10.3. The van der Waals surface area contributed by atoms with Crippen LogP contribution in [0.1, 0.15) is 15.9 Å². The molecule has 2 rings (SSSR count). The Hall–Kier alpha value is -3.74. The quantitative estimate of drug-likeness (QED) is 0.395. The van der Waals surface area contributed by atoms with Crippen LogP contribution < -0.4 is 19.5 Å². The lowest BCUT2D eigenvalue weighted by atomic mass is 10.1. The van der Waals surface area contributed by atoms with E-state index < -0.39 is 11.9 Å². The third-order valence-electron chi connectivity index (χ3n) is 3.86. The molecule has 0 aromatic heterocycles. The van der Waals surface area contributed by atoms with Crippen molar-refractivity contribution in [1.29, 1.82) is 0 Å². The molecule has 0 aliphatic rings. The van der Waals surface area contributed by atoms with Gasteiger partial charge in [-0.15, -0.1) is 0 Å². The van der Waals surface area contributed by atoms with E-state index in [0.29, 0.717) is 29.5 Å². The molecule has 2 aromatic carbocycles. The molecule has 1 amide bonds. The first kappa shape index (κ1) is 21.6. The van der Waals surface area contributed by atoms with Crippen LogP contribution in [-0.2, 0) is 9.53 Å². The van der Waals surface area contributed by atoms with Crippen LogP contribution in [0.5, 0.6) is 17.2 Å². The van der Waals surface area contributed by atoms with E-state index in [0.717, 1.165) is 5.56 Å². The Kier molecular flexibility index (Phi) is 7.85. The van der Waals surface area contributed by atoms with Gasteiger partial charge in [0.25, 0.3) is 0 Å². The Balaban J connectivity index is 2.16. The number of rotatable bonds is 9. The van der Waals surface area contributed by atoms with Gasteiger partial charge in [-0.05, 0) is 42.0 Å². The minimum Gasteiger partial charge on any atom is -0.497 e. The third-order valence-corrected chi connectivity index (χ3v) is 3.86. The second-order valence-electron chi connectivity index (χ2n) is 5.74. The number of carbonyl (C=O) groups is 2. The number of esters is 1. The fraction of sp³-hybridized carbons (Fsp3) is 0.182. The summed E-state index contributed by atoms with van der Waals surface area (Å²) in [4.78, 5) is 24.3. The van der Waals surface area contributed by atoms with E-state index in [2.05, 4.69) is 11.9 Å². The standard InChI is InChI=1S/C22H23NO6/c1-5-12-29-19-10-6-15(13-20(19)27-3)7-11-21(24)23-18-9-8-16(26-2)14-17(18)22(25)28-4/h5-11,13-14H,1,12H2,2-4H3,(H,23,24)/b11-7+. The number of carbonyl (C=O) groups excluding carboxylic acids is 2. The van der Waals surface area contributed by atoms with Gasteiger partial charge in [-0.3, -0.25) is 4.79 Å². The molecule has 0 saturated carbocycles. The fourth-order valence-electron chi connectivity index (χ4n) is 2.44. The Bertz CT molecular complexity index is 920. The molecule has 0 bridgehead atoms. The number of hydrogen-bond acceptors (Lipinski definition) is 6. The van der Waals surface area contributed by atoms with Crippen molar-refractivity contribution < 1.29 is 28.5 Å². The molecule has 0 fully saturated rings. The van der Waals surface area contributed by atoms with E-state index in [1.807, 2.05) is 0 Å². The van der Waals surface area contributed by atoms with Crippen molar-refractivity contribution >= 4 is 23.6 Å². The van der Waals surface area contributed by atoms with Gasteiger partial charge in [0.1, 0.15) is 12.4 Å². The SMILES string of the molecule is C=CCOc1ccc(/C=C/C(=O)Nc2ccc(OC)cc2C(=O)OC)cc1OC. The molecular formula is C22H23NO6. The van der Waals surface area contributed by atoms with E-state index in [9.17, 15) is 9.59 Å². The molecule has 0 aliphatic heterocycles. The summed E-state index contributed by atoms with van der Waals surface area (Å²) in [6.07, 6.45) is 4.61. The Morgan fingerprint density at radius 2 is 1.83 bits per heavy atom. The van der Waals surface area contributed by atoms with Crippen molar-refractivity contribution in [3.05, 3.63) is 66.3 Å². The summed E-state index contributed by atoms with van der Waals surface area (Å²) in [7, 11) is 4.29. The van der Waals surface area contributed by atoms with E-state index in [1.54, 1.807) is 42.5 Å². The topological polar surface area (TPSA) is 83.1 Å². The lowest BCUT2D eigenvalue weighted by molar-refractivity contribution is -0.111. The summed E-state index contributed by atoms with van der Waals surface area (Å²) in [5.41, 5.74) is 1.25. The summed E-state index contributed by atoms with van der Waals surface area (Å²) < 4.78 is 20.7. The fourth-order valence-corrected chi connectivity index (χ4v) is 2.44. The lowest BCUT2D eigenvalue weighted by Gasteiger charge is -2.10. The zero-order valence-electron chi connectivity index (χ0n) is 16.6. The van der Waals surface area contributed by atoms with E-state index in [-0.39, 0.29) is 5.56 Å². The molecule has 7 nitrogen and oxygen atoms in total. The number of methoxy groups -OCH3 is 3. The van der Waals surface area contributed by atoms with Crippen LogP contribution in [0.2, 0.25) is 0 Å². The van der Waals surface area contributed by atoms with Crippen molar-refractivity contribution in [3.63, 3.8) is 0 Å².